The van der Waals surface area contributed by atoms with Crippen molar-refractivity contribution in [3.8, 4) is 5.88 Å². The molecule has 0 aliphatic heterocycles. The van der Waals surface area contributed by atoms with Gasteiger partial charge in [-0.15, -0.1) is 0 Å². The SMILES string of the molecule is N#[N+]c1c([O-])nc[nH]c1=O. The van der Waals surface area contributed by atoms with Crippen LogP contribution in [-0.2, 0) is 0 Å². The van der Waals surface area contributed by atoms with Crippen LogP contribution in [0.4, 0.5) is 5.69 Å². The zero-order chi connectivity index (χ0) is 7.56. The van der Waals surface area contributed by atoms with Gasteiger partial charge in [-0.1, -0.05) is 0 Å². The Balaban J connectivity index is 3.50. The van der Waals surface area contributed by atoms with Crippen molar-refractivity contribution >= 4 is 5.69 Å². The highest BCUT2D eigenvalue weighted by molar-refractivity contribution is 5.48. The molecule has 6 heteroatoms. The molecule has 1 aromatic rings. The quantitative estimate of drug-likeness (QED) is 0.480. The third kappa shape index (κ3) is 0.798. The zero-order valence-electron chi connectivity index (χ0n) is 4.74. The Labute approximate surface area is 54.8 Å². The molecule has 1 N–H and O–H groups in total. The molecule has 10 heavy (non-hydrogen) atoms. The van der Waals surface area contributed by atoms with Crippen LogP contribution in [-0.4, -0.2) is 9.97 Å². The minimum atomic E-state index is -0.841. The number of aromatic amines is 1. The van der Waals surface area contributed by atoms with Gasteiger partial charge in [0, 0.05) is 0 Å². The molecule has 0 aliphatic rings. The Bertz CT molecular complexity index is 336. The molecule has 0 atom stereocenters. The van der Waals surface area contributed by atoms with Gasteiger partial charge in [-0.2, -0.15) is 0 Å². The first-order chi connectivity index (χ1) is 4.75. The average Bonchev–Trinajstić information content (AvgIpc) is 1.88. The second kappa shape index (κ2) is 2.14. The van der Waals surface area contributed by atoms with Gasteiger partial charge in [0.2, 0.25) is 5.39 Å². The van der Waals surface area contributed by atoms with E-state index in [9.17, 15) is 9.90 Å². The molecule has 0 aliphatic carbocycles. The fourth-order valence-corrected chi connectivity index (χ4v) is 0.464. The van der Waals surface area contributed by atoms with Gasteiger partial charge in [0.15, 0.2) is 4.98 Å². The molecule has 0 aromatic carbocycles. The Kier molecular flexibility index (Phi) is 1.33. The second-order valence-corrected chi connectivity index (χ2v) is 1.49. The molecule has 0 fully saturated rings. The molecule has 0 unspecified atom stereocenters. The molecule has 0 radical (unpaired) electrons. The molecule has 0 saturated heterocycles. The number of hydrogen-bond donors (Lipinski definition) is 1. The van der Waals surface area contributed by atoms with Crippen molar-refractivity contribution in [3.63, 3.8) is 0 Å². The summed E-state index contributed by atoms with van der Waals surface area (Å²) in [5.74, 6) is -0.841. The fraction of sp³-hybridized carbons (Fsp3) is 0. The van der Waals surface area contributed by atoms with Gasteiger partial charge in [0.05, 0.1) is 12.2 Å². The maximum atomic E-state index is 10.5. The van der Waals surface area contributed by atoms with Crippen LogP contribution in [0.5, 0.6) is 5.88 Å². The zero-order valence-corrected chi connectivity index (χ0v) is 4.74. The lowest BCUT2D eigenvalue weighted by molar-refractivity contribution is -0.273. The van der Waals surface area contributed by atoms with Crippen molar-refractivity contribution in [2.75, 3.05) is 0 Å². The summed E-state index contributed by atoms with van der Waals surface area (Å²) in [6, 6.07) is 0. The van der Waals surface area contributed by atoms with Crippen LogP contribution in [0.3, 0.4) is 0 Å². The topological polar surface area (TPSA) is 97.0 Å². The maximum Gasteiger partial charge on any atom is 0.459 e. The molecule has 0 spiro atoms. The number of rotatable bonds is 0. The van der Waals surface area contributed by atoms with Crippen molar-refractivity contribution in [3.05, 3.63) is 21.7 Å². The van der Waals surface area contributed by atoms with E-state index >= 15 is 0 Å². The van der Waals surface area contributed by atoms with Gasteiger partial charge >= 0.3 is 11.2 Å². The highest BCUT2D eigenvalue weighted by Gasteiger charge is 2.12. The first-order valence-corrected chi connectivity index (χ1v) is 2.35. The van der Waals surface area contributed by atoms with Crippen molar-refractivity contribution in [1.82, 2.24) is 9.97 Å². The van der Waals surface area contributed by atoms with E-state index in [0.717, 1.165) is 6.33 Å². The average molecular weight is 138 g/mol. The molecule has 50 valence electrons. The van der Waals surface area contributed by atoms with Crippen LogP contribution < -0.4 is 10.7 Å². The summed E-state index contributed by atoms with van der Waals surface area (Å²) in [5, 5.41) is 18.6. The molecule has 1 heterocycles. The Morgan fingerprint density at radius 2 is 2.50 bits per heavy atom. The van der Waals surface area contributed by atoms with Crippen LogP contribution in [0.1, 0.15) is 0 Å². The summed E-state index contributed by atoms with van der Waals surface area (Å²) >= 11 is 0. The first-order valence-electron chi connectivity index (χ1n) is 2.35. The van der Waals surface area contributed by atoms with Gasteiger partial charge in [0.25, 0.3) is 0 Å². The van der Waals surface area contributed by atoms with Crippen molar-refractivity contribution < 1.29 is 5.11 Å². The Morgan fingerprint density at radius 1 is 1.80 bits per heavy atom. The number of nitrogens with one attached hydrogen (secondary N) is 1. The minimum Gasteiger partial charge on any atom is -0.853 e. The highest BCUT2D eigenvalue weighted by Crippen LogP contribution is 2.11. The number of aromatic nitrogens is 2. The molecule has 1 aromatic heterocycles. The maximum absolute atomic E-state index is 10.5. The molecule has 0 amide bonds. The van der Waals surface area contributed by atoms with E-state index in [-0.39, 0.29) is 0 Å². The molecule has 6 nitrogen and oxygen atoms in total. The lowest BCUT2D eigenvalue weighted by Crippen LogP contribution is -2.08. The third-order valence-corrected chi connectivity index (χ3v) is 0.895. The molecule has 0 bridgehead atoms. The molecule has 1 rings (SSSR count). The van der Waals surface area contributed by atoms with Gasteiger partial charge in [-0.05, 0) is 0 Å². The van der Waals surface area contributed by atoms with Crippen LogP contribution in [0.15, 0.2) is 11.1 Å². The van der Waals surface area contributed by atoms with Crippen molar-refractivity contribution in [2.24, 2.45) is 0 Å². The molecular weight excluding hydrogens is 136 g/mol. The smallest absolute Gasteiger partial charge is 0.459 e. The number of H-pyrrole nitrogens is 1. The summed E-state index contributed by atoms with van der Waals surface area (Å²) in [7, 11) is 0. The number of hydrogen-bond acceptors (Lipinski definition) is 4. The van der Waals surface area contributed by atoms with E-state index in [1.54, 1.807) is 0 Å². The van der Waals surface area contributed by atoms with Gasteiger partial charge < -0.3 is 10.1 Å². The largest absolute Gasteiger partial charge is 0.853 e. The van der Waals surface area contributed by atoms with Crippen LogP contribution in [0, 0.1) is 5.39 Å². The fourth-order valence-electron chi connectivity index (χ4n) is 0.464. The van der Waals surface area contributed by atoms with E-state index in [1.165, 1.54) is 0 Å². The summed E-state index contributed by atoms with van der Waals surface area (Å²) in [6.45, 7) is 0. The van der Waals surface area contributed by atoms with Crippen molar-refractivity contribution in [1.29, 1.82) is 5.39 Å². The third-order valence-electron chi connectivity index (χ3n) is 0.895. The lowest BCUT2D eigenvalue weighted by Gasteiger charge is -1.93. The summed E-state index contributed by atoms with van der Waals surface area (Å²) in [4.78, 5) is 18.2. The minimum absolute atomic E-state index is 0.595. The van der Waals surface area contributed by atoms with Gasteiger partial charge in [0.1, 0.15) is 0 Å². The number of nitrogens with zero attached hydrogens (tertiary/aromatic N) is 3. The number of diazo groups is 1. The van der Waals surface area contributed by atoms with E-state index in [1.807, 2.05) is 0 Å². The van der Waals surface area contributed by atoms with E-state index in [4.69, 9.17) is 5.39 Å². The van der Waals surface area contributed by atoms with Crippen LogP contribution >= 0.6 is 0 Å². The standard InChI is InChI=1S/C4H2N4O2/c5-8-2-3(9)6-1-7-4(2)10/h1H,(H-,6,7,9,10). The van der Waals surface area contributed by atoms with Gasteiger partial charge in [-0.25, -0.2) is 4.98 Å². The second-order valence-electron chi connectivity index (χ2n) is 1.49. The van der Waals surface area contributed by atoms with E-state index in [0.29, 0.717) is 0 Å². The van der Waals surface area contributed by atoms with E-state index < -0.39 is 17.1 Å². The summed E-state index contributed by atoms with van der Waals surface area (Å²) < 4.78 is 0. The van der Waals surface area contributed by atoms with Crippen molar-refractivity contribution in [2.45, 2.75) is 0 Å². The Hall–Kier alpha value is -1.90. The Morgan fingerprint density at radius 3 is 2.90 bits per heavy atom. The molecular formula is C4H2N4O2. The highest BCUT2D eigenvalue weighted by atomic mass is 16.3. The summed E-state index contributed by atoms with van der Waals surface area (Å²) in [5.41, 5.74) is -1.34. The predicted molar refractivity (Wildman–Crippen MR) is 29.0 cm³/mol. The van der Waals surface area contributed by atoms with Gasteiger partial charge in [-0.3, -0.25) is 4.79 Å². The molecule has 0 saturated carbocycles. The van der Waals surface area contributed by atoms with Crippen LogP contribution in [0.2, 0.25) is 0 Å². The monoisotopic (exact) mass is 138 g/mol. The van der Waals surface area contributed by atoms with Crippen LogP contribution in [0.25, 0.3) is 4.98 Å². The summed E-state index contributed by atoms with van der Waals surface area (Å²) in [6.07, 6.45) is 0.944. The first kappa shape index (κ1) is 6.22. The lowest BCUT2D eigenvalue weighted by atomic mass is 10.5. The predicted octanol–water partition coefficient (Wildman–Crippen LogP) is -0.672. The normalized spacial score (nSPS) is 8.70. The van der Waals surface area contributed by atoms with E-state index in [2.05, 4.69) is 14.9 Å².